The van der Waals surface area contributed by atoms with E-state index in [-0.39, 0.29) is 11.9 Å². The molecule has 0 radical (unpaired) electrons. The zero-order valence-electron chi connectivity index (χ0n) is 12.5. The quantitative estimate of drug-likeness (QED) is 0.750. The highest BCUT2D eigenvalue weighted by atomic mass is 16.2. The molecule has 0 spiro atoms. The molecule has 2 fully saturated rings. The first-order valence-electron chi connectivity index (χ1n) is 7.75. The van der Waals surface area contributed by atoms with Crippen LogP contribution in [0.25, 0.3) is 0 Å². The zero-order valence-corrected chi connectivity index (χ0v) is 12.5. The summed E-state index contributed by atoms with van der Waals surface area (Å²) in [5.74, 6) is 0.780. The van der Waals surface area contributed by atoms with Crippen LogP contribution in [0.5, 0.6) is 0 Å². The number of hydrogen-bond acceptors (Lipinski definition) is 4. The molecular formula is C15H21N5O2. The lowest BCUT2D eigenvalue weighted by atomic mass is 10.1. The minimum Gasteiger partial charge on any atom is -0.356 e. The third-order valence-electron chi connectivity index (χ3n) is 4.06. The SMILES string of the molecule is O=C1NC[C@@H](C(=O)NCc2cccnc2N2CCCCC2)N1. The maximum absolute atomic E-state index is 12.1. The molecule has 0 bridgehead atoms. The number of carbonyl (C=O) groups is 2. The first-order valence-corrected chi connectivity index (χ1v) is 7.75. The third-order valence-corrected chi connectivity index (χ3v) is 4.06. The Hall–Kier alpha value is -2.31. The highest BCUT2D eigenvalue weighted by Gasteiger charge is 2.26. The van der Waals surface area contributed by atoms with E-state index < -0.39 is 6.04 Å². The van der Waals surface area contributed by atoms with Gasteiger partial charge < -0.3 is 20.9 Å². The summed E-state index contributed by atoms with van der Waals surface area (Å²) in [6.07, 6.45) is 5.42. The molecule has 2 aliphatic heterocycles. The summed E-state index contributed by atoms with van der Waals surface area (Å²) in [5.41, 5.74) is 1.01. The molecule has 1 atom stereocenters. The molecule has 0 unspecified atom stereocenters. The van der Waals surface area contributed by atoms with Crippen molar-refractivity contribution in [3.05, 3.63) is 23.9 Å². The van der Waals surface area contributed by atoms with E-state index >= 15 is 0 Å². The number of carbonyl (C=O) groups excluding carboxylic acids is 2. The zero-order chi connectivity index (χ0) is 15.4. The van der Waals surface area contributed by atoms with Crippen LogP contribution in [0.4, 0.5) is 10.6 Å². The standard InChI is InChI=1S/C15H21N5O2/c21-14(12-10-18-15(22)19-12)17-9-11-5-4-6-16-13(11)20-7-2-1-3-8-20/h4-6,12H,1-3,7-10H2,(H,17,21)(H2,18,19,22)/t12-/m0/s1. The molecular weight excluding hydrogens is 282 g/mol. The number of nitrogens with one attached hydrogen (secondary N) is 3. The van der Waals surface area contributed by atoms with E-state index in [4.69, 9.17) is 0 Å². The average molecular weight is 303 g/mol. The number of amides is 3. The Bertz CT molecular complexity index is 557. The average Bonchev–Trinajstić information content (AvgIpc) is 3.00. The van der Waals surface area contributed by atoms with Gasteiger partial charge in [-0.05, 0) is 25.3 Å². The molecule has 0 aromatic carbocycles. The molecule has 7 heteroatoms. The maximum atomic E-state index is 12.1. The molecule has 1 aromatic rings. The Balaban J connectivity index is 1.62. The first kappa shape index (κ1) is 14.6. The minimum absolute atomic E-state index is 0.174. The van der Waals surface area contributed by atoms with Crippen LogP contribution in [0, 0.1) is 0 Å². The van der Waals surface area contributed by atoms with Crippen molar-refractivity contribution in [3.8, 4) is 0 Å². The molecule has 0 saturated carbocycles. The predicted molar refractivity (Wildman–Crippen MR) is 82.5 cm³/mol. The number of rotatable bonds is 4. The highest BCUT2D eigenvalue weighted by molar-refractivity contribution is 5.90. The lowest BCUT2D eigenvalue weighted by Crippen LogP contribution is -2.42. The van der Waals surface area contributed by atoms with Gasteiger partial charge in [0, 0.05) is 37.9 Å². The molecule has 2 aliphatic rings. The summed E-state index contributed by atoms with van der Waals surface area (Å²) >= 11 is 0. The van der Waals surface area contributed by atoms with E-state index in [2.05, 4.69) is 25.8 Å². The Morgan fingerprint density at radius 2 is 2.18 bits per heavy atom. The number of aromatic nitrogens is 1. The van der Waals surface area contributed by atoms with Crippen LogP contribution in [0.1, 0.15) is 24.8 Å². The summed E-state index contributed by atoms with van der Waals surface area (Å²) < 4.78 is 0. The fourth-order valence-electron chi connectivity index (χ4n) is 2.88. The van der Waals surface area contributed by atoms with Crippen LogP contribution < -0.4 is 20.9 Å². The van der Waals surface area contributed by atoms with Gasteiger partial charge in [-0.15, -0.1) is 0 Å². The van der Waals surface area contributed by atoms with Gasteiger partial charge in [-0.25, -0.2) is 9.78 Å². The number of pyridine rings is 1. The van der Waals surface area contributed by atoms with E-state index in [0.717, 1.165) is 24.5 Å². The van der Waals surface area contributed by atoms with Crippen molar-refractivity contribution in [2.24, 2.45) is 0 Å². The molecule has 3 heterocycles. The predicted octanol–water partition coefficient (Wildman–Crippen LogP) is 0.369. The van der Waals surface area contributed by atoms with Crippen molar-refractivity contribution >= 4 is 17.8 Å². The Morgan fingerprint density at radius 3 is 2.91 bits per heavy atom. The number of anilines is 1. The first-order chi connectivity index (χ1) is 10.7. The second-order valence-electron chi connectivity index (χ2n) is 5.66. The van der Waals surface area contributed by atoms with Gasteiger partial charge in [-0.2, -0.15) is 0 Å². The second kappa shape index (κ2) is 6.64. The molecule has 3 rings (SSSR count). The fraction of sp³-hybridized carbons (Fsp3) is 0.533. The molecule has 1 aromatic heterocycles. The molecule has 7 nitrogen and oxygen atoms in total. The van der Waals surface area contributed by atoms with Crippen LogP contribution >= 0.6 is 0 Å². The topological polar surface area (TPSA) is 86.4 Å². The molecule has 22 heavy (non-hydrogen) atoms. The largest absolute Gasteiger partial charge is 0.356 e. The van der Waals surface area contributed by atoms with E-state index in [1.807, 2.05) is 12.1 Å². The monoisotopic (exact) mass is 303 g/mol. The van der Waals surface area contributed by atoms with Crippen molar-refractivity contribution in [3.63, 3.8) is 0 Å². The summed E-state index contributed by atoms with van der Waals surface area (Å²) in [6, 6.07) is 3.08. The van der Waals surface area contributed by atoms with Gasteiger partial charge in [0.1, 0.15) is 11.9 Å². The summed E-state index contributed by atoms with van der Waals surface area (Å²) in [6.45, 7) is 2.78. The van der Waals surface area contributed by atoms with E-state index in [0.29, 0.717) is 13.1 Å². The van der Waals surface area contributed by atoms with Crippen molar-refractivity contribution in [2.45, 2.75) is 31.8 Å². The van der Waals surface area contributed by atoms with Crippen LogP contribution in [0.2, 0.25) is 0 Å². The van der Waals surface area contributed by atoms with Crippen molar-refractivity contribution in [1.82, 2.24) is 20.9 Å². The van der Waals surface area contributed by atoms with Gasteiger partial charge in [0.25, 0.3) is 0 Å². The maximum Gasteiger partial charge on any atom is 0.315 e. The normalized spacial score (nSPS) is 21.2. The Kier molecular flexibility index (Phi) is 4.41. The number of urea groups is 1. The van der Waals surface area contributed by atoms with Gasteiger partial charge in [-0.1, -0.05) is 6.07 Å². The van der Waals surface area contributed by atoms with E-state index in [1.54, 1.807) is 6.20 Å². The lowest BCUT2D eigenvalue weighted by molar-refractivity contribution is -0.122. The van der Waals surface area contributed by atoms with E-state index in [1.165, 1.54) is 19.3 Å². The third kappa shape index (κ3) is 3.29. The number of piperidine rings is 1. The second-order valence-corrected chi connectivity index (χ2v) is 5.66. The molecule has 2 saturated heterocycles. The summed E-state index contributed by atoms with van der Waals surface area (Å²) in [4.78, 5) is 29.9. The van der Waals surface area contributed by atoms with Crippen LogP contribution in [-0.2, 0) is 11.3 Å². The Morgan fingerprint density at radius 1 is 1.36 bits per heavy atom. The fourth-order valence-corrected chi connectivity index (χ4v) is 2.88. The summed E-state index contributed by atoms with van der Waals surface area (Å²) in [5, 5.41) is 8.04. The van der Waals surface area contributed by atoms with Crippen molar-refractivity contribution < 1.29 is 9.59 Å². The van der Waals surface area contributed by atoms with E-state index in [9.17, 15) is 9.59 Å². The van der Waals surface area contributed by atoms with Gasteiger partial charge in [0.2, 0.25) is 5.91 Å². The number of nitrogens with zero attached hydrogens (tertiary/aromatic N) is 2. The van der Waals surface area contributed by atoms with Gasteiger partial charge >= 0.3 is 6.03 Å². The lowest BCUT2D eigenvalue weighted by Gasteiger charge is -2.29. The van der Waals surface area contributed by atoms with Gasteiger partial charge in [0.05, 0.1) is 0 Å². The van der Waals surface area contributed by atoms with Gasteiger partial charge in [0.15, 0.2) is 0 Å². The smallest absolute Gasteiger partial charge is 0.315 e. The Labute approximate surface area is 129 Å². The summed E-state index contributed by atoms with van der Waals surface area (Å²) in [7, 11) is 0. The molecule has 3 N–H and O–H groups in total. The van der Waals surface area contributed by atoms with Crippen LogP contribution in [-0.4, -0.2) is 42.6 Å². The molecule has 0 aliphatic carbocycles. The minimum atomic E-state index is -0.498. The number of hydrogen-bond donors (Lipinski definition) is 3. The van der Waals surface area contributed by atoms with Gasteiger partial charge in [-0.3, -0.25) is 4.79 Å². The van der Waals surface area contributed by atoms with Crippen LogP contribution in [0.3, 0.4) is 0 Å². The van der Waals surface area contributed by atoms with Crippen LogP contribution in [0.15, 0.2) is 18.3 Å². The van der Waals surface area contributed by atoms with Crippen molar-refractivity contribution in [2.75, 3.05) is 24.5 Å². The molecule has 3 amide bonds. The highest BCUT2D eigenvalue weighted by Crippen LogP contribution is 2.21. The van der Waals surface area contributed by atoms with Crippen molar-refractivity contribution in [1.29, 1.82) is 0 Å². The molecule has 118 valence electrons.